The summed E-state index contributed by atoms with van der Waals surface area (Å²) in [5.74, 6) is 0. The van der Waals surface area contributed by atoms with Crippen molar-refractivity contribution >= 4 is 21.5 Å². The minimum atomic E-state index is 0. The van der Waals surface area contributed by atoms with Gasteiger partial charge in [0.15, 0.2) is 0 Å². The molecular weight excluding hydrogens is 378 g/mol. The number of hydrogen-bond acceptors (Lipinski definition) is 0. The number of halogens is 2. The first kappa shape index (κ1) is 20.3. The zero-order chi connectivity index (χ0) is 12.2. The molecular formula is C18H14Cl2Zr. The Kier molecular flexibility index (Phi) is 9.70. The maximum absolute atomic E-state index is 2.99. The van der Waals surface area contributed by atoms with Crippen LogP contribution in [0.2, 0.25) is 0 Å². The molecule has 1 aliphatic carbocycles. The normalized spacial score (nSPS) is 11.0. The summed E-state index contributed by atoms with van der Waals surface area (Å²) >= 11 is 0. The Bertz CT molecular complexity index is 666. The average molecular weight is 392 g/mol. The smallest absolute Gasteiger partial charge is 1.00 e. The molecule has 0 amide bonds. The first-order valence-corrected chi connectivity index (χ1v) is 6.20. The third-order valence-corrected chi connectivity index (χ3v) is 3.11. The molecule has 104 valence electrons. The van der Waals surface area contributed by atoms with Gasteiger partial charge in [0.1, 0.15) is 0 Å². The molecule has 0 heterocycles. The Morgan fingerprint density at radius 1 is 0.810 bits per heavy atom. The molecule has 0 aromatic heterocycles. The van der Waals surface area contributed by atoms with Crippen molar-refractivity contribution in [1.29, 1.82) is 0 Å². The van der Waals surface area contributed by atoms with Gasteiger partial charge >= 0.3 is 26.2 Å². The van der Waals surface area contributed by atoms with Crippen LogP contribution in [0.15, 0.2) is 72.8 Å². The van der Waals surface area contributed by atoms with Crippen LogP contribution in [0, 0.1) is 6.08 Å². The second-order valence-electron chi connectivity index (χ2n) is 4.32. The molecule has 0 saturated heterocycles. The second-order valence-corrected chi connectivity index (χ2v) is 4.32. The largest absolute Gasteiger partial charge is 4.00 e. The van der Waals surface area contributed by atoms with Crippen LogP contribution in [0.25, 0.3) is 21.5 Å². The van der Waals surface area contributed by atoms with Gasteiger partial charge in [-0.15, -0.1) is 46.2 Å². The molecule has 0 fully saturated rings. The van der Waals surface area contributed by atoms with E-state index < -0.39 is 0 Å². The van der Waals surface area contributed by atoms with Crippen molar-refractivity contribution in [1.82, 2.24) is 0 Å². The molecule has 4 rings (SSSR count). The number of fused-ring (bicyclic) bond motifs is 3. The Labute approximate surface area is 157 Å². The van der Waals surface area contributed by atoms with Crippen molar-refractivity contribution < 1.29 is 51.0 Å². The van der Waals surface area contributed by atoms with Gasteiger partial charge in [0.2, 0.25) is 0 Å². The van der Waals surface area contributed by atoms with E-state index in [0.29, 0.717) is 0 Å². The van der Waals surface area contributed by atoms with Crippen LogP contribution in [0.3, 0.4) is 0 Å². The standard InChI is InChI=1S/C13H9.C5H5.2ClH.Zr/c1-3-7-12-10(5-1)9-11-6-2-4-8-13(11)12;1-2-4-5-3-1;;;/h1-9H;1-3H,4H2;2*1H;/q2*-1;;;+4/p-2. The Hall–Kier alpha value is -0.747. The molecule has 0 nitrogen and oxygen atoms in total. The molecule has 0 N–H and O–H groups in total. The van der Waals surface area contributed by atoms with Crippen LogP contribution in [0.1, 0.15) is 6.42 Å². The quantitative estimate of drug-likeness (QED) is 0.432. The summed E-state index contributed by atoms with van der Waals surface area (Å²) in [6.07, 6.45) is 10.0. The van der Waals surface area contributed by atoms with Crippen molar-refractivity contribution in [2.24, 2.45) is 0 Å². The average Bonchev–Trinajstić information content (AvgIpc) is 3.10. The number of rotatable bonds is 0. The van der Waals surface area contributed by atoms with Crippen LogP contribution in [-0.2, 0) is 26.2 Å². The van der Waals surface area contributed by atoms with E-state index in [2.05, 4.69) is 66.7 Å². The van der Waals surface area contributed by atoms with Crippen molar-refractivity contribution in [3.63, 3.8) is 0 Å². The van der Waals surface area contributed by atoms with E-state index in [1.165, 1.54) is 21.5 Å². The minimum absolute atomic E-state index is 0. The zero-order valence-electron chi connectivity index (χ0n) is 11.4. The van der Waals surface area contributed by atoms with E-state index >= 15 is 0 Å². The van der Waals surface area contributed by atoms with Crippen LogP contribution in [0.5, 0.6) is 0 Å². The van der Waals surface area contributed by atoms with Crippen LogP contribution >= 0.6 is 0 Å². The van der Waals surface area contributed by atoms with Gasteiger partial charge in [-0.25, -0.2) is 12.2 Å². The Morgan fingerprint density at radius 3 is 1.71 bits per heavy atom. The van der Waals surface area contributed by atoms with Crippen LogP contribution in [0.4, 0.5) is 0 Å². The number of allylic oxidation sites excluding steroid dienone is 4. The monoisotopic (exact) mass is 390 g/mol. The van der Waals surface area contributed by atoms with E-state index in [-0.39, 0.29) is 51.0 Å². The molecule has 0 bridgehead atoms. The Morgan fingerprint density at radius 2 is 1.33 bits per heavy atom. The summed E-state index contributed by atoms with van der Waals surface area (Å²) in [6, 6.07) is 19.3. The van der Waals surface area contributed by atoms with Gasteiger partial charge in [-0.05, 0) is 0 Å². The summed E-state index contributed by atoms with van der Waals surface area (Å²) in [5, 5.41) is 5.39. The fraction of sp³-hybridized carbons (Fsp3) is 0.0556. The van der Waals surface area contributed by atoms with E-state index in [1.807, 2.05) is 12.2 Å². The minimum Gasteiger partial charge on any atom is -1.00 e. The molecule has 3 heteroatoms. The molecule has 0 unspecified atom stereocenters. The molecule has 1 aliphatic rings. The van der Waals surface area contributed by atoms with E-state index in [4.69, 9.17) is 0 Å². The molecule has 0 aliphatic heterocycles. The van der Waals surface area contributed by atoms with Gasteiger partial charge in [0.25, 0.3) is 0 Å². The SMILES string of the molecule is [C-]1=CC=CC1.[Cl-].[Cl-].[Zr+4].c1ccc2c(c1)[cH-]c1ccccc12. The van der Waals surface area contributed by atoms with Crippen molar-refractivity contribution in [2.75, 3.05) is 0 Å². The van der Waals surface area contributed by atoms with Gasteiger partial charge in [0.05, 0.1) is 0 Å². The van der Waals surface area contributed by atoms with E-state index in [1.54, 1.807) is 0 Å². The predicted octanol–water partition coefficient (Wildman–Crippen LogP) is -0.977. The molecule has 0 saturated carbocycles. The number of hydrogen-bond donors (Lipinski definition) is 0. The van der Waals surface area contributed by atoms with Crippen LogP contribution < -0.4 is 24.8 Å². The molecule has 3 aromatic carbocycles. The molecule has 0 radical (unpaired) electrons. The molecule has 0 spiro atoms. The zero-order valence-corrected chi connectivity index (χ0v) is 15.4. The van der Waals surface area contributed by atoms with Crippen molar-refractivity contribution in [2.45, 2.75) is 6.42 Å². The van der Waals surface area contributed by atoms with Crippen LogP contribution in [-0.4, -0.2) is 0 Å². The fourth-order valence-corrected chi connectivity index (χ4v) is 2.24. The first-order chi connectivity index (χ1) is 8.95. The predicted molar refractivity (Wildman–Crippen MR) is 78.6 cm³/mol. The molecule has 21 heavy (non-hydrogen) atoms. The molecule has 0 atom stereocenters. The van der Waals surface area contributed by atoms with Gasteiger partial charge in [-0.2, -0.15) is 6.08 Å². The fourth-order valence-electron chi connectivity index (χ4n) is 2.24. The second kappa shape index (κ2) is 10.1. The summed E-state index contributed by atoms with van der Waals surface area (Å²) in [6.45, 7) is 0. The summed E-state index contributed by atoms with van der Waals surface area (Å²) in [4.78, 5) is 0. The van der Waals surface area contributed by atoms with Gasteiger partial charge < -0.3 is 24.8 Å². The topological polar surface area (TPSA) is 0 Å². The van der Waals surface area contributed by atoms with Gasteiger partial charge in [-0.1, -0.05) is 36.4 Å². The summed E-state index contributed by atoms with van der Waals surface area (Å²) in [7, 11) is 0. The third kappa shape index (κ3) is 4.88. The maximum atomic E-state index is 2.99. The maximum Gasteiger partial charge on any atom is 4.00 e. The molecule has 3 aromatic rings. The van der Waals surface area contributed by atoms with Gasteiger partial charge in [0, 0.05) is 0 Å². The van der Waals surface area contributed by atoms with E-state index in [0.717, 1.165) is 6.42 Å². The first-order valence-electron chi connectivity index (χ1n) is 6.20. The summed E-state index contributed by atoms with van der Waals surface area (Å²) < 4.78 is 0. The van der Waals surface area contributed by atoms with Crippen molar-refractivity contribution in [3.8, 4) is 0 Å². The summed E-state index contributed by atoms with van der Waals surface area (Å²) in [5.41, 5.74) is 0. The van der Waals surface area contributed by atoms with E-state index in [9.17, 15) is 0 Å². The third-order valence-electron chi connectivity index (χ3n) is 3.11. The van der Waals surface area contributed by atoms with Gasteiger partial charge in [-0.3, -0.25) is 6.08 Å². The number of benzene rings is 2. The van der Waals surface area contributed by atoms with Crippen molar-refractivity contribution in [3.05, 3.63) is 78.9 Å². The Balaban J connectivity index is 0.000000437.